The highest BCUT2D eigenvalue weighted by atomic mass is 16.5. The van der Waals surface area contributed by atoms with Crippen molar-refractivity contribution in [2.75, 3.05) is 26.4 Å². The molecule has 0 atom stereocenters. The van der Waals surface area contributed by atoms with E-state index in [9.17, 15) is 0 Å². The Balaban J connectivity index is 2.04. The Morgan fingerprint density at radius 1 is 1.05 bits per heavy atom. The zero-order valence-electron chi connectivity index (χ0n) is 11.9. The molecule has 0 aliphatic rings. The summed E-state index contributed by atoms with van der Waals surface area (Å²) in [7, 11) is 0. The van der Waals surface area contributed by atoms with Gasteiger partial charge in [-0.1, -0.05) is 18.2 Å². The molecule has 0 aromatic heterocycles. The molecule has 0 spiro atoms. The Hall–Kier alpha value is -1.10. The van der Waals surface area contributed by atoms with Crippen molar-refractivity contribution in [3.8, 4) is 5.75 Å². The molecule has 0 heterocycles. The molecule has 0 amide bonds. The largest absolute Gasteiger partial charge is 0.493 e. The van der Waals surface area contributed by atoms with Gasteiger partial charge in [-0.15, -0.1) is 0 Å². The van der Waals surface area contributed by atoms with Crippen molar-refractivity contribution in [1.29, 1.82) is 0 Å². The van der Waals surface area contributed by atoms with Gasteiger partial charge in [-0.2, -0.15) is 0 Å². The van der Waals surface area contributed by atoms with E-state index in [2.05, 4.69) is 0 Å². The number of benzene rings is 1. The number of hydrogen-bond acceptors (Lipinski definition) is 4. The molecule has 1 aromatic carbocycles. The summed E-state index contributed by atoms with van der Waals surface area (Å²) in [6.07, 6.45) is 1.13. The lowest BCUT2D eigenvalue weighted by molar-refractivity contribution is 0.0170. The standard InChI is InChI=1S/C15H25NO3/c1-13(2)18-11-10-17-8-5-9-19-15-7-4-3-6-14(15)12-16/h3-4,6-7,13H,5,8-12,16H2,1-2H3. The zero-order chi connectivity index (χ0) is 13.9. The Morgan fingerprint density at radius 3 is 2.58 bits per heavy atom. The number of ether oxygens (including phenoxy) is 3. The van der Waals surface area contributed by atoms with Gasteiger partial charge in [0.15, 0.2) is 0 Å². The average molecular weight is 267 g/mol. The van der Waals surface area contributed by atoms with E-state index in [1.54, 1.807) is 0 Å². The minimum Gasteiger partial charge on any atom is -0.493 e. The molecule has 0 saturated heterocycles. The lowest BCUT2D eigenvalue weighted by Gasteiger charge is -2.11. The third-order valence-corrected chi connectivity index (χ3v) is 2.56. The highest BCUT2D eigenvalue weighted by Gasteiger charge is 2.00. The molecule has 0 saturated carbocycles. The van der Waals surface area contributed by atoms with Crippen LogP contribution in [0.5, 0.6) is 5.75 Å². The smallest absolute Gasteiger partial charge is 0.123 e. The van der Waals surface area contributed by atoms with Crippen LogP contribution in [0.15, 0.2) is 24.3 Å². The van der Waals surface area contributed by atoms with Gasteiger partial charge in [0.05, 0.1) is 25.9 Å². The van der Waals surface area contributed by atoms with Gasteiger partial charge >= 0.3 is 0 Å². The van der Waals surface area contributed by atoms with Crippen LogP contribution in [-0.4, -0.2) is 32.5 Å². The van der Waals surface area contributed by atoms with Gasteiger partial charge in [-0.25, -0.2) is 0 Å². The molecule has 0 aliphatic heterocycles. The molecule has 0 fully saturated rings. The molecule has 0 bridgehead atoms. The van der Waals surface area contributed by atoms with Crippen molar-refractivity contribution < 1.29 is 14.2 Å². The second kappa shape index (κ2) is 9.78. The fraction of sp³-hybridized carbons (Fsp3) is 0.600. The molecular formula is C15H25NO3. The fourth-order valence-electron chi connectivity index (χ4n) is 1.60. The van der Waals surface area contributed by atoms with Gasteiger partial charge in [0.25, 0.3) is 0 Å². The van der Waals surface area contributed by atoms with Crippen molar-refractivity contribution in [2.24, 2.45) is 5.73 Å². The number of nitrogens with two attached hydrogens (primary N) is 1. The van der Waals surface area contributed by atoms with Gasteiger partial charge in [0, 0.05) is 25.1 Å². The van der Waals surface area contributed by atoms with Crippen LogP contribution in [0.1, 0.15) is 25.8 Å². The van der Waals surface area contributed by atoms with Crippen LogP contribution in [0.25, 0.3) is 0 Å². The first-order valence-electron chi connectivity index (χ1n) is 6.84. The Kier molecular flexibility index (Phi) is 8.21. The van der Waals surface area contributed by atoms with Crippen LogP contribution >= 0.6 is 0 Å². The number of para-hydroxylation sites is 1. The SMILES string of the molecule is CC(C)OCCOCCCOc1ccccc1CN. The summed E-state index contributed by atoms with van der Waals surface area (Å²) in [6.45, 7) is 7.14. The quantitative estimate of drug-likeness (QED) is 0.661. The molecule has 4 heteroatoms. The third-order valence-electron chi connectivity index (χ3n) is 2.56. The predicted octanol–water partition coefficient (Wildman–Crippen LogP) is 2.36. The van der Waals surface area contributed by atoms with Crippen LogP contribution < -0.4 is 10.5 Å². The number of hydrogen-bond donors (Lipinski definition) is 1. The van der Waals surface area contributed by atoms with E-state index >= 15 is 0 Å². The van der Waals surface area contributed by atoms with E-state index in [4.69, 9.17) is 19.9 Å². The van der Waals surface area contributed by atoms with Crippen molar-refractivity contribution in [3.63, 3.8) is 0 Å². The van der Waals surface area contributed by atoms with Gasteiger partial charge in [-0.05, 0) is 19.9 Å². The molecule has 19 heavy (non-hydrogen) atoms. The maximum absolute atomic E-state index is 5.68. The maximum atomic E-state index is 5.68. The summed E-state index contributed by atoms with van der Waals surface area (Å²) in [6, 6.07) is 7.84. The summed E-state index contributed by atoms with van der Waals surface area (Å²) >= 11 is 0. The molecule has 4 nitrogen and oxygen atoms in total. The zero-order valence-corrected chi connectivity index (χ0v) is 11.9. The van der Waals surface area contributed by atoms with Crippen molar-refractivity contribution >= 4 is 0 Å². The van der Waals surface area contributed by atoms with Crippen LogP contribution in [-0.2, 0) is 16.0 Å². The van der Waals surface area contributed by atoms with Crippen LogP contribution in [0, 0.1) is 0 Å². The predicted molar refractivity (Wildman–Crippen MR) is 76.4 cm³/mol. The summed E-state index contributed by atoms with van der Waals surface area (Å²) < 4.78 is 16.5. The summed E-state index contributed by atoms with van der Waals surface area (Å²) in [5.41, 5.74) is 6.68. The van der Waals surface area contributed by atoms with Crippen molar-refractivity contribution in [1.82, 2.24) is 0 Å². The normalized spacial score (nSPS) is 10.9. The second-order valence-electron chi connectivity index (χ2n) is 4.55. The highest BCUT2D eigenvalue weighted by Crippen LogP contribution is 2.16. The topological polar surface area (TPSA) is 53.7 Å². The van der Waals surface area contributed by atoms with Crippen LogP contribution in [0.2, 0.25) is 0 Å². The fourth-order valence-corrected chi connectivity index (χ4v) is 1.60. The molecule has 2 N–H and O–H groups in total. The first-order valence-corrected chi connectivity index (χ1v) is 6.84. The highest BCUT2D eigenvalue weighted by molar-refractivity contribution is 5.32. The summed E-state index contributed by atoms with van der Waals surface area (Å²) in [4.78, 5) is 0. The summed E-state index contributed by atoms with van der Waals surface area (Å²) in [5, 5.41) is 0. The van der Waals surface area contributed by atoms with Crippen LogP contribution in [0.3, 0.4) is 0 Å². The minimum absolute atomic E-state index is 0.264. The maximum Gasteiger partial charge on any atom is 0.123 e. The van der Waals surface area contributed by atoms with Crippen LogP contribution in [0.4, 0.5) is 0 Å². The van der Waals surface area contributed by atoms with E-state index in [0.717, 1.165) is 17.7 Å². The third kappa shape index (κ3) is 7.15. The molecule has 0 radical (unpaired) electrons. The Morgan fingerprint density at radius 2 is 1.84 bits per heavy atom. The summed E-state index contributed by atoms with van der Waals surface area (Å²) in [5.74, 6) is 0.869. The molecule has 108 valence electrons. The molecule has 1 rings (SSSR count). The monoisotopic (exact) mass is 267 g/mol. The molecular weight excluding hydrogens is 242 g/mol. The van der Waals surface area contributed by atoms with E-state index in [1.165, 1.54) is 0 Å². The lowest BCUT2D eigenvalue weighted by Crippen LogP contribution is -2.11. The first-order chi connectivity index (χ1) is 9.24. The number of rotatable bonds is 10. The van der Waals surface area contributed by atoms with Gasteiger partial charge in [0.2, 0.25) is 0 Å². The van der Waals surface area contributed by atoms with Gasteiger partial charge in [-0.3, -0.25) is 0 Å². The van der Waals surface area contributed by atoms with Crippen molar-refractivity contribution in [2.45, 2.75) is 32.9 Å². The molecule has 0 unspecified atom stereocenters. The lowest BCUT2D eigenvalue weighted by atomic mass is 10.2. The Labute approximate surface area is 115 Å². The van der Waals surface area contributed by atoms with Gasteiger partial charge in [0.1, 0.15) is 5.75 Å². The van der Waals surface area contributed by atoms with E-state index in [-0.39, 0.29) is 6.10 Å². The average Bonchev–Trinajstić information content (AvgIpc) is 2.42. The minimum atomic E-state index is 0.264. The van der Waals surface area contributed by atoms with E-state index < -0.39 is 0 Å². The van der Waals surface area contributed by atoms with E-state index in [0.29, 0.717) is 33.0 Å². The molecule has 1 aromatic rings. The Bertz CT molecular complexity index is 342. The van der Waals surface area contributed by atoms with Crippen molar-refractivity contribution in [3.05, 3.63) is 29.8 Å². The second-order valence-corrected chi connectivity index (χ2v) is 4.55. The molecule has 0 aliphatic carbocycles. The first kappa shape index (κ1) is 16.0. The van der Waals surface area contributed by atoms with E-state index in [1.807, 2.05) is 38.1 Å². The van der Waals surface area contributed by atoms with Gasteiger partial charge < -0.3 is 19.9 Å².